The number of carboxylic acids is 1. The minimum atomic E-state index is -0.747. The van der Waals surface area contributed by atoms with E-state index in [-0.39, 0.29) is 12.5 Å². The topological polar surface area (TPSA) is 95.7 Å². The van der Waals surface area contributed by atoms with Crippen LogP contribution in [-0.2, 0) is 4.79 Å². The monoisotopic (exact) mass is 245 g/mol. The molecule has 17 heavy (non-hydrogen) atoms. The third-order valence-corrected chi connectivity index (χ3v) is 2.31. The van der Waals surface area contributed by atoms with Crippen molar-refractivity contribution in [1.82, 2.24) is 10.2 Å². The third-order valence-electron chi connectivity index (χ3n) is 2.31. The molecule has 2 amide bonds. The number of nitrogens with zero attached hydrogens (tertiary/aromatic N) is 1. The van der Waals surface area contributed by atoms with Crippen molar-refractivity contribution >= 4 is 12.0 Å². The van der Waals surface area contributed by atoms with E-state index in [9.17, 15) is 9.59 Å². The lowest BCUT2D eigenvalue weighted by molar-refractivity contribution is -0.136. The van der Waals surface area contributed by atoms with Gasteiger partial charge in [-0.25, -0.2) is 4.79 Å². The molecule has 0 aromatic rings. The summed E-state index contributed by atoms with van der Waals surface area (Å²) in [7, 11) is 0. The summed E-state index contributed by atoms with van der Waals surface area (Å²) in [6.07, 6.45) is 2.43. The molecule has 0 aromatic carbocycles. The molecule has 0 saturated carbocycles. The number of likely N-dealkylation sites (tertiary alicyclic amines) is 1. The first-order valence-corrected chi connectivity index (χ1v) is 5.93. The number of rotatable bonds is 4. The largest absolute Gasteiger partial charge is 0.481 e. The molecule has 6 nitrogen and oxygen atoms in total. The summed E-state index contributed by atoms with van der Waals surface area (Å²) < 4.78 is 0. The first-order valence-electron chi connectivity index (χ1n) is 5.93. The predicted molar refractivity (Wildman–Crippen MR) is 65.8 cm³/mol. The molecule has 0 atom stereocenters. The van der Waals surface area contributed by atoms with E-state index in [1.165, 1.54) is 0 Å². The first-order chi connectivity index (χ1) is 7.93. The predicted octanol–water partition coefficient (Wildman–Crippen LogP) is 0.620. The van der Waals surface area contributed by atoms with Gasteiger partial charge in [-0.3, -0.25) is 4.79 Å². The first kappa shape index (κ1) is 15.7. The van der Waals surface area contributed by atoms with E-state index in [0.29, 0.717) is 12.6 Å². The van der Waals surface area contributed by atoms with E-state index in [0.717, 1.165) is 25.9 Å². The zero-order chi connectivity index (χ0) is 13.3. The van der Waals surface area contributed by atoms with Crippen molar-refractivity contribution in [2.24, 2.45) is 5.73 Å². The maximum absolute atomic E-state index is 10.3. The number of carbonyl (C=O) groups excluding carboxylic acids is 1. The molecule has 1 rings (SSSR count). The summed E-state index contributed by atoms with van der Waals surface area (Å²) in [4.78, 5) is 22.0. The summed E-state index contributed by atoms with van der Waals surface area (Å²) in [5, 5.41) is 11.2. The lowest BCUT2D eigenvalue weighted by Gasteiger charge is -2.09. The fraction of sp³-hybridized carbons (Fsp3) is 0.818. The van der Waals surface area contributed by atoms with Crippen molar-refractivity contribution in [3.05, 3.63) is 0 Å². The SMILES string of the molecule is CC(C)NCCC(=O)O.NC(=O)N1CCCC1. The molecule has 6 heteroatoms. The van der Waals surface area contributed by atoms with Gasteiger partial charge < -0.3 is 21.1 Å². The van der Waals surface area contributed by atoms with Crippen LogP contribution in [0.1, 0.15) is 33.1 Å². The Morgan fingerprint density at radius 3 is 2.18 bits per heavy atom. The standard InChI is InChI=1S/C6H13NO2.C5H10N2O/c1-5(2)7-4-3-6(8)9;6-5(8)7-3-1-2-4-7/h5,7H,3-4H2,1-2H3,(H,8,9);1-4H2,(H2,6,8). The molecule has 1 fully saturated rings. The quantitative estimate of drug-likeness (QED) is 0.676. The highest BCUT2D eigenvalue weighted by Gasteiger charge is 2.13. The highest BCUT2D eigenvalue weighted by molar-refractivity contribution is 5.72. The number of carbonyl (C=O) groups is 2. The summed E-state index contributed by atoms with van der Waals surface area (Å²) in [5.41, 5.74) is 4.98. The normalized spacial score (nSPS) is 14.4. The van der Waals surface area contributed by atoms with Crippen LogP contribution in [0, 0.1) is 0 Å². The molecular weight excluding hydrogens is 222 g/mol. The van der Waals surface area contributed by atoms with Gasteiger partial charge in [0.15, 0.2) is 0 Å². The zero-order valence-corrected chi connectivity index (χ0v) is 10.6. The number of primary amides is 1. The Labute approximate surface area is 102 Å². The van der Waals surface area contributed by atoms with Crippen molar-refractivity contribution in [2.75, 3.05) is 19.6 Å². The average Bonchev–Trinajstić information content (AvgIpc) is 2.69. The molecule has 0 aromatic heterocycles. The van der Waals surface area contributed by atoms with Gasteiger partial charge in [0.2, 0.25) is 0 Å². The van der Waals surface area contributed by atoms with Crippen LogP contribution in [0.2, 0.25) is 0 Å². The second kappa shape index (κ2) is 8.81. The fourth-order valence-corrected chi connectivity index (χ4v) is 1.41. The van der Waals surface area contributed by atoms with Crippen LogP contribution >= 0.6 is 0 Å². The van der Waals surface area contributed by atoms with Crippen LogP contribution in [-0.4, -0.2) is 47.7 Å². The lowest BCUT2D eigenvalue weighted by atomic mass is 10.3. The lowest BCUT2D eigenvalue weighted by Crippen LogP contribution is -2.32. The molecule has 1 saturated heterocycles. The van der Waals surface area contributed by atoms with E-state index >= 15 is 0 Å². The van der Waals surface area contributed by atoms with E-state index < -0.39 is 5.97 Å². The van der Waals surface area contributed by atoms with Gasteiger partial charge in [0.25, 0.3) is 0 Å². The van der Waals surface area contributed by atoms with Crippen LogP contribution in [0.4, 0.5) is 4.79 Å². The number of nitrogens with one attached hydrogen (secondary N) is 1. The molecule has 0 radical (unpaired) electrons. The molecular formula is C11H23N3O3. The van der Waals surface area contributed by atoms with Gasteiger partial charge in [-0.2, -0.15) is 0 Å². The molecule has 0 bridgehead atoms. The summed E-state index contributed by atoms with van der Waals surface area (Å²) in [6.45, 7) is 6.25. The van der Waals surface area contributed by atoms with Gasteiger partial charge in [0, 0.05) is 25.7 Å². The number of carboxylic acid groups (broad SMARTS) is 1. The smallest absolute Gasteiger partial charge is 0.314 e. The van der Waals surface area contributed by atoms with Crippen molar-refractivity contribution < 1.29 is 14.7 Å². The highest BCUT2D eigenvalue weighted by Crippen LogP contribution is 2.05. The van der Waals surface area contributed by atoms with E-state index in [4.69, 9.17) is 10.8 Å². The Hall–Kier alpha value is -1.30. The van der Waals surface area contributed by atoms with Gasteiger partial charge in [-0.1, -0.05) is 13.8 Å². The maximum Gasteiger partial charge on any atom is 0.314 e. The van der Waals surface area contributed by atoms with Gasteiger partial charge in [0.1, 0.15) is 0 Å². The molecule has 1 heterocycles. The van der Waals surface area contributed by atoms with Crippen molar-refractivity contribution in [1.29, 1.82) is 0 Å². The molecule has 1 aliphatic rings. The van der Waals surface area contributed by atoms with Crippen LogP contribution in [0.25, 0.3) is 0 Å². The van der Waals surface area contributed by atoms with E-state index in [2.05, 4.69) is 5.32 Å². The van der Waals surface area contributed by atoms with E-state index in [1.54, 1.807) is 4.90 Å². The molecule has 0 aliphatic carbocycles. The number of urea groups is 1. The number of nitrogens with two attached hydrogens (primary N) is 1. The van der Waals surface area contributed by atoms with Crippen LogP contribution < -0.4 is 11.1 Å². The van der Waals surface area contributed by atoms with Gasteiger partial charge in [0.05, 0.1) is 6.42 Å². The summed E-state index contributed by atoms with van der Waals surface area (Å²) in [5.74, 6) is -0.747. The van der Waals surface area contributed by atoms with Crippen molar-refractivity contribution in [3.63, 3.8) is 0 Å². The second-order valence-corrected chi connectivity index (χ2v) is 4.28. The number of amides is 2. The number of hydrogen-bond acceptors (Lipinski definition) is 3. The Kier molecular flexibility index (Phi) is 8.13. The summed E-state index contributed by atoms with van der Waals surface area (Å²) >= 11 is 0. The maximum atomic E-state index is 10.3. The molecule has 4 N–H and O–H groups in total. The van der Waals surface area contributed by atoms with Crippen LogP contribution in [0.3, 0.4) is 0 Å². The Morgan fingerprint density at radius 2 is 1.88 bits per heavy atom. The number of aliphatic carboxylic acids is 1. The van der Waals surface area contributed by atoms with Crippen molar-refractivity contribution in [3.8, 4) is 0 Å². The zero-order valence-electron chi connectivity index (χ0n) is 10.6. The number of hydrogen-bond donors (Lipinski definition) is 3. The average molecular weight is 245 g/mol. The molecule has 0 unspecified atom stereocenters. The molecule has 100 valence electrons. The summed E-state index contributed by atoms with van der Waals surface area (Å²) in [6, 6.07) is 0.104. The second-order valence-electron chi connectivity index (χ2n) is 4.28. The van der Waals surface area contributed by atoms with Gasteiger partial charge in [-0.05, 0) is 12.8 Å². The Bertz CT molecular complexity index is 238. The Morgan fingerprint density at radius 1 is 1.35 bits per heavy atom. The fourth-order valence-electron chi connectivity index (χ4n) is 1.41. The van der Waals surface area contributed by atoms with Gasteiger partial charge >= 0.3 is 12.0 Å². The molecule has 0 spiro atoms. The van der Waals surface area contributed by atoms with E-state index in [1.807, 2.05) is 13.8 Å². The van der Waals surface area contributed by atoms with Gasteiger partial charge in [-0.15, -0.1) is 0 Å². The highest BCUT2D eigenvalue weighted by atomic mass is 16.4. The van der Waals surface area contributed by atoms with Crippen LogP contribution in [0.15, 0.2) is 0 Å². The minimum absolute atomic E-state index is 0.207. The minimum Gasteiger partial charge on any atom is -0.481 e. The third kappa shape index (κ3) is 9.62. The molecule has 1 aliphatic heterocycles. The Balaban J connectivity index is 0.000000302. The van der Waals surface area contributed by atoms with Crippen LogP contribution in [0.5, 0.6) is 0 Å². The van der Waals surface area contributed by atoms with Crippen molar-refractivity contribution in [2.45, 2.75) is 39.2 Å².